The summed E-state index contributed by atoms with van der Waals surface area (Å²) >= 11 is 5.62. The van der Waals surface area contributed by atoms with Gasteiger partial charge in [0.2, 0.25) is 0 Å². The first kappa shape index (κ1) is 15.7. The minimum atomic E-state index is -4.42. The van der Waals surface area contributed by atoms with Gasteiger partial charge < -0.3 is 9.47 Å². The molecule has 0 bridgehead atoms. The fourth-order valence-corrected chi connectivity index (χ4v) is 2.24. The number of imidazole rings is 1. The molecular weight excluding hydrogens is 303 g/mol. The Morgan fingerprint density at radius 1 is 1.33 bits per heavy atom. The van der Waals surface area contributed by atoms with Crippen molar-refractivity contribution in [1.82, 2.24) is 9.55 Å². The first-order valence-corrected chi connectivity index (χ1v) is 6.80. The Bertz CT molecular complexity index is 622. The van der Waals surface area contributed by atoms with E-state index in [2.05, 4.69) is 4.98 Å². The van der Waals surface area contributed by atoms with Crippen LogP contribution in [0.2, 0.25) is 0 Å². The smallest absolute Gasteiger partial charge is 0.367 e. The van der Waals surface area contributed by atoms with E-state index in [-0.39, 0.29) is 18.1 Å². The Morgan fingerprint density at radius 2 is 2.05 bits per heavy atom. The number of benzene rings is 1. The summed E-state index contributed by atoms with van der Waals surface area (Å²) in [7, 11) is 3.41. The molecule has 0 unspecified atom stereocenters. The van der Waals surface area contributed by atoms with E-state index in [4.69, 9.17) is 11.6 Å². The highest BCUT2D eigenvalue weighted by Gasteiger charge is 2.34. The van der Waals surface area contributed by atoms with Gasteiger partial charge in [-0.2, -0.15) is 13.2 Å². The van der Waals surface area contributed by atoms with E-state index < -0.39 is 11.7 Å². The van der Waals surface area contributed by atoms with Crippen LogP contribution in [0.1, 0.15) is 17.0 Å². The van der Waals surface area contributed by atoms with Crippen LogP contribution < -0.4 is 4.90 Å². The Labute approximate surface area is 126 Å². The van der Waals surface area contributed by atoms with E-state index in [9.17, 15) is 13.2 Å². The van der Waals surface area contributed by atoms with Gasteiger partial charge in [0.15, 0.2) is 0 Å². The van der Waals surface area contributed by atoms with Crippen LogP contribution in [0.25, 0.3) is 0 Å². The SMILES string of the molecule is CN(Cc1nccn1C)c1ccc(CCl)cc1C(F)(F)F. The second-order valence-corrected chi connectivity index (χ2v) is 5.06. The predicted octanol–water partition coefficient (Wildman–Crippen LogP) is 3.81. The van der Waals surface area contributed by atoms with Crippen LogP contribution in [-0.2, 0) is 25.6 Å². The van der Waals surface area contributed by atoms with E-state index in [1.165, 1.54) is 11.0 Å². The van der Waals surface area contributed by atoms with Crippen molar-refractivity contribution >= 4 is 17.3 Å². The molecule has 2 rings (SSSR count). The number of rotatable bonds is 4. The zero-order valence-electron chi connectivity index (χ0n) is 11.7. The molecule has 0 saturated carbocycles. The molecule has 2 aromatic rings. The minimum Gasteiger partial charge on any atom is -0.367 e. The Kier molecular flexibility index (Phi) is 4.46. The van der Waals surface area contributed by atoms with Gasteiger partial charge in [-0.05, 0) is 17.7 Å². The molecule has 0 aliphatic heterocycles. The van der Waals surface area contributed by atoms with Crippen LogP contribution in [0, 0.1) is 0 Å². The van der Waals surface area contributed by atoms with E-state index in [1.807, 2.05) is 0 Å². The molecule has 1 aromatic heterocycles. The molecule has 0 radical (unpaired) electrons. The zero-order valence-corrected chi connectivity index (χ0v) is 12.4. The molecule has 1 aromatic carbocycles. The number of halogens is 4. The fraction of sp³-hybridized carbons (Fsp3) is 0.357. The van der Waals surface area contributed by atoms with Gasteiger partial charge in [-0.3, -0.25) is 0 Å². The largest absolute Gasteiger partial charge is 0.418 e. The van der Waals surface area contributed by atoms with Crippen molar-refractivity contribution in [2.45, 2.75) is 18.6 Å². The molecule has 7 heteroatoms. The topological polar surface area (TPSA) is 21.1 Å². The number of alkyl halides is 4. The lowest BCUT2D eigenvalue weighted by atomic mass is 10.1. The Hall–Kier alpha value is -1.69. The maximum absolute atomic E-state index is 13.2. The average molecular weight is 318 g/mol. The summed E-state index contributed by atoms with van der Waals surface area (Å²) in [6.45, 7) is 0.285. The maximum Gasteiger partial charge on any atom is 0.418 e. The van der Waals surface area contributed by atoms with Crippen molar-refractivity contribution in [3.63, 3.8) is 0 Å². The molecule has 0 N–H and O–H groups in total. The molecule has 3 nitrogen and oxygen atoms in total. The van der Waals surface area contributed by atoms with Gasteiger partial charge in [0.1, 0.15) is 5.82 Å². The van der Waals surface area contributed by atoms with Crippen LogP contribution in [0.3, 0.4) is 0 Å². The summed E-state index contributed by atoms with van der Waals surface area (Å²) in [5, 5.41) is 0. The van der Waals surface area contributed by atoms with Crippen LogP contribution in [0.4, 0.5) is 18.9 Å². The molecule has 114 valence electrons. The first-order valence-electron chi connectivity index (χ1n) is 6.26. The van der Waals surface area contributed by atoms with Crippen molar-refractivity contribution in [2.24, 2.45) is 7.05 Å². The number of hydrogen-bond acceptors (Lipinski definition) is 2. The standard InChI is InChI=1S/C14H15ClF3N3/c1-20-6-5-19-13(20)9-21(2)12-4-3-10(8-15)7-11(12)14(16,17)18/h3-7H,8-9H2,1-2H3. The van der Waals surface area contributed by atoms with Crippen LogP contribution >= 0.6 is 11.6 Å². The minimum absolute atomic E-state index is 0.0481. The van der Waals surface area contributed by atoms with Gasteiger partial charge in [0.25, 0.3) is 0 Å². The van der Waals surface area contributed by atoms with Gasteiger partial charge >= 0.3 is 6.18 Å². The van der Waals surface area contributed by atoms with E-state index in [0.717, 1.165) is 6.07 Å². The van der Waals surface area contributed by atoms with E-state index >= 15 is 0 Å². The lowest BCUT2D eigenvalue weighted by Gasteiger charge is -2.23. The molecule has 0 fully saturated rings. The summed E-state index contributed by atoms with van der Waals surface area (Å²) in [4.78, 5) is 5.66. The maximum atomic E-state index is 13.2. The van der Waals surface area contributed by atoms with E-state index in [0.29, 0.717) is 11.4 Å². The average Bonchev–Trinajstić information content (AvgIpc) is 2.82. The molecule has 0 aliphatic carbocycles. The van der Waals surface area contributed by atoms with Crippen molar-refractivity contribution in [3.05, 3.63) is 47.5 Å². The van der Waals surface area contributed by atoms with Crippen LogP contribution in [0.15, 0.2) is 30.6 Å². The number of aryl methyl sites for hydroxylation is 1. The van der Waals surface area contributed by atoms with Crippen LogP contribution in [0.5, 0.6) is 0 Å². The Morgan fingerprint density at radius 3 is 2.57 bits per heavy atom. The van der Waals surface area contributed by atoms with Gasteiger partial charge in [-0.1, -0.05) is 6.07 Å². The molecule has 21 heavy (non-hydrogen) atoms. The highest BCUT2D eigenvalue weighted by Crippen LogP contribution is 2.37. The number of anilines is 1. The Balaban J connectivity index is 2.36. The molecule has 0 amide bonds. The summed E-state index contributed by atoms with van der Waals surface area (Å²) in [6, 6.07) is 4.15. The van der Waals surface area contributed by atoms with Crippen molar-refractivity contribution in [1.29, 1.82) is 0 Å². The highest BCUT2D eigenvalue weighted by atomic mass is 35.5. The molecule has 0 aliphatic rings. The quantitative estimate of drug-likeness (QED) is 0.799. The predicted molar refractivity (Wildman–Crippen MR) is 76.3 cm³/mol. The molecule has 0 spiro atoms. The van der Waals surface area contributed by atoms with E-state index in [1.54, 1.807) is 37.1 Å². The lowest BCUT2D eigenvalue weighted by molar-refractivity contribution is -0.137. The van der Waals surface area contributed by atoms with Crippen molar-refractivity contribution in [3.8, 4) is 0 Å². The zero-order chi connectivity index (χ0) is 15.6. The monoisotopic (exact) mass is 317 g/mol. The van der Waals surface area contributed by atoms with Gasteiger partial charge in [0, 0.05) is 38.1 Å². The third-order valence-electron chi connectivity index (χ3n) is 3.23. The number of aromatic nitrogens is 2. The normalized spacial score (nSPS) is 11.7. The fourth-order valence-electron chi connectivity index (χ4n) is 2.07. The van der Waals surface area contributed by atoms with Crippen LogP contribution in [-0.4, -0.2) is 16.6 Å². The lowest BCUT2D eigenvalue weighted by Crippen LogP contribution is -2.22. The van der Waals surface area contributed by atoms with Gasteiger partial charge in [-0.25, -0.2) is 4.98 Å². The number of hydrogen-bond donors (Lipinski definition) is 0. The molecule has 0 atom stereocenters. The van der Waals surface area contributed by atoms with Gasteiger partial charge in [0.05, 0.1) is 12.1 Å². The first-order chi connectivity index (χ1) is 9.82. The summed E-state index contributed by atoms with van der Waals surface area (Å²) in [6.07, 6.45) is -1.05. The molecule has 0 saturated heterocycles. The third-order valence-corrected chi connectivity index (χ3v) is 3.54. The number of nitrogens with zero attached hydrogens (tertiary/aromatic N) is 3. The molecule has 1 heterocycles. The summed E-state index contributed by atoms with van der Waals surface area (Å²) < 4.78 is 41.4. The third kappa shape index (κ3) is 3.50. The van der Waals surface area contributed by atoms with Crippen molar-refractivity contribution in [2.75, 3.05) is 11.9 Å². The van der Waals surface area contributed by atoms with Gasteiger partial charge in [-0.15, -0.1) is 11.6 Å². The highest BCUT2D eigenvalue weighted by molar-refractivity contribution is 6.17. The second-order valence-electron chi connectivity index (χ2n) is 4.79. The molecular formula is C14H15ClF3N3. The summed E-state index contributed by atoms with van der Waals surface area (Å²) in [5.41, 5.74) is -0.130. The summed E-state index contributed by atoms with van der Waals surface area (Å²) in [5.74, 6) is 0.735. The van der Waals surface area contributed by atoms with Crippen molar-refractivity contribution < 1.29 is 13.2 Å². The second kappa shape index (κ2) is 5.97.